The zero-order valence-electron chi connectivity index (χ0n) is 12.9. The summed E-state index contributed by atoms with van der Waals surface area (Å²) in [5.41, 5.74) is 5.60. The van der Waals surface area contributed by atoms with Crippen LogP contribution in [0.2, 0.25) is 0 Å². The molecule has 3 rings (SSSR count). The summed E-state index contributed by atoms with van der Waals surface area (Å²) >= 11 is 6.03. The fourth-order valence-electron chi connectivity index (χ4n) is 2.63. The number of nitrogens with zero attached hydrogens (tertiary/aromatic N) is 2. The van der Waals surface area contributed by atoms with Gasteiger partial charge < -0.3 is 4.57 Å². The lowest BCUT2D eigenvalue weighted by Gasteiger charge is -2.08. The van der Waals surface area contributed by atoms with E-state index in [0.29, 0.717) is 0 Å². The van der Waals surface area contributed by atoms with Gasteiger partial charge in [-0.05, 0) is 82.7 Å². The Morgan fingerprint density at radius 3 is 2.43 bits per heavy atom. The minimum absolute atomic E-state index is 0.966. The summed E-state index contributed by atoms with van der Waals surface area (Å²) in [6.07, 6.45) is 1.94. The molecular formula is C19H16BrIN2. The molecule has 0 saturated carbocycles. The Balaban J connectivity index is 2.04. The van der Waals surface area contributed by atoms with Gasteiger partial charge in [-0.25, -0.2) is 0 Å². The van der Waals surface area contributed by atoms with Gasteiger partial charge in [0.05, 0.1) is 5.69 Å². The Kier molecular flexibility index (Phi) is 5.02. The quantitative estimate of drug-likeness (QED) is 0.314. The fraction of sp³-hybridized carbons (Fsp3) is 0.105. The van der Waals surface area contributed by atoms with Gasteiger partial charge in [-0.1, -0.05) is 24.3 Å². The number of rotatable bonds is 3. The number of aliphatic imine (C=N–C) groups is 1. The van der Waals surface area contributed by atoms with Crippen LogP contribution in [0, 0.1) is 17.4 Å². The molecule has 0 aliphatic rings. The lowest BCUT2D eigenvalue weighted by Crippen LogP contribution is -1.99. The Labute approximate surface area is 158 Å². The first-order valence-electron chi connectivity index (χ1n) is 7.30. The van der Waals surface area contributed by atoms with E-state index in [4.69, 9.17) is 0 Å². The van der Waals surface area contributed by atoms with Crippen LogP contribution in [0.25, 0.3) is 5.69 Å². The largest absolute Gasteiger partial charge is 0.317 e. The van der Waals surface area contributed by atoms with Crippen molar-refractivity contribution in [1.82, 2.24) is 4.57 Å². The minimum atomic E-state index is 0.966. The molecule has 1 aromatic heterocycles. The molecule has 0 spiro atoms. The summed E-state index contributed by atoms with van der Waals surface area (Å²) in [6.45, 7) is 4.24. The topological polar surface area (TPSA) is 17.3 Å². The highest BCUT2D eigenvalue weighted by Gasteiger charge is 2.15. The summed E-state index contributed by atoms with van der Waals surface area (Å²) in [5.74, 6) is 0. The number of halogens is 2. The van der Waals surface area contributed by atoms with E-state index in [1.165, 1.54) is 15.0 Å². The first-order chi connectivity index (χ1) is 11.1. The van der Waals surface area contributed by atoms with Crippen molar-refractivity contribution in [2.75, 3.05) is 0 Å². The molecule has 4 heteroatoms. The molecule has 0 atom stereocenters. The molecule has 0 saturated heterocycles. The van der Waals surface area contributed by atoms with Gasteiger partial charge in [0.2, 0.25) is 0 Å². The second-order valence-corrected chi connectivity index (χ2v) is 7.35. The Bertz CT molecular complexity index is 867. The SMILES string of the molecule is Cc1c(Br)c(C=Nc2cccc(I)c2)c(C)n1-c1ccccc1. The highest BCUT2D eigenvalue weighted by Crippen LogP contribution is 2.30. The van der Waals surface area contributed by atoms with Crippen molar-refractivity contribution < 1.29 is 0 Å². The van der Waals surface area contributed by atoms with Crippen LogP contribution >= 0.6 is 38.5 Å². The van der Waals surface area contributed by atoms with Crippen LogP contribution in [0.4, 0.5) is 5.69 Å². The Morgan fingerprint density at radius 2 is 1.74 bits per heavy atom. The van der Waals surface area contributed by atoms with E-state index in [-0.39, 0.29) is 0 Å². The second kappa shape index (κ2) is 7.01. The smallest absolute Gasteiger partial charge is 0.0640 e. The maximum Gasteiger partial charge on any atom is 0.0640 e. The highest BCUT2D eigenvalue weighted by molar-refractivity contribution is 14.1. The molecule has 1 heterocycles. The molecule has 3 aromatic rings. The molecule has 0 fully saturated rings. The molecule has 0 unspecified atom stereocenters. The maximum absolute atomic E-state index is 4.63. The van der Waals surface area contributed by atoms with Crippen LogP contribution in [0.15, 0.2) is 64.1 Å². The van der Waals surface area contributed by atoms with E-state index in [1.807, 2.05) is 24.4 Å². The first-order valence-corrected chi connectivity index (χ1v) is 9.17. The first kappa shape index (κ1) is 16.5. The van der Waals surface area contributed by atoms with Crippen LogP contribution < -0.4 is 0 Å². The summed E-state index contributed by atoms with van der Waals surface area (Å²) in [4.78, 5) is 4.63. The molecule has 2 aromatic carbocycles. The third kappa shape index (κ3) is 3.43. The third-order valence-electron chi connectivity index (χ3n) is 3.78. The normalized spacial score (nSPS) is 11.3. The van der Waals surface area contributed by atoms with Crippen LogP contribution in [0.5, 0.6) is 0 Å². The van der Waals surface area contributed by atoms with E-state index in [2.05, 4.69) is 98.3 Å². The van der Waals surface area contributed by atoms with Crippen molar-refractivity contribution in [3.05, 3.63) is 79.6 Å². The summed E-state index contributed by atoms with van der Waals surface area (Å²) in [7, 11) is 0. The number of aromatic nitrogens is 1. The fourth-order valence-corrected chi connectivity index (χ4v) is 3.73. The van der Waals surface area contributed by atoms with Crippen molar-refractivity contribution in [3.8, 4) is 5.69 Å². The lowest BCUT2D eigenvalue weighted by molar-refractivity contribution is 0.962. The van der Waals surface area contributed by atoms with E-state index in [1.54, 1.807) is 0 Å². The predicted octanol–water partition coefficient (Wildman–Crippen LogP) is 6.21. The second-order valence-electron chi connectivity index (χ2n) is 5.31. The Hall–Kier alpha value is -1.40. The maximum atomic E-state index is 4.63. The van der Waals surface area contributed by atoms with E-state index >= 15 is 0 Å². The Morgan fingerprint density at radius 1 is 1.00 bits per heavy atom. The van der Waals surface area contributed by atoms with Gasteiger partial charge in [0.25, 0.3) is 0 Å². The molecule has 116 valence electrons. The third-order valence-corrected chi connectivity index (χ3v) is 5.45. The molecule has 0 bridgehead atoms. The van der Waals surface area contributed by atoms with E-state index in [0.717, 1.165) is 21.4 Å². The van der Waals surface area contributed by atoms with Crippen molar-refractivity contribution in [3.63, 3.8) is 0 Å². The molecule has 0 N–H and O–H groups in total. The zero-order chi connectivity index (χ0) is 16.4. The van der Waals surface area contributed by atoms with Gasteiger partial charge in [-0.3, -0.25) is 4.99 Å². The molecule has 0 amide bonds. The summed E-state index contributed by atoms with van der Waals surface area (Å²) in [6, 6.07) is 18.6. The number of hydrogen-bond donors (Lipinski definition) is 0. The molecule has 2 nitrogen and oxygen atoms in total. The van der Waals surface area contributed by atoms with Crippen molar-refractivity contribution in [1.29, 1.82) is 0 Å². The molecule has 0 radical (unpaired) electrons. The zero-order valence-corrected chi connectivity index (χ0v) is 16.7. The highest BCUT2D eigenvalue weighted by atomic mass is 127. The van der Waals surface area contributed by atoms with Gasteiger partial charge in [-0.2, -0.15) is 0 Å². The van der Waals surface area contributed by atoms with Crippen molar-refractivity contribution >= 4 is 50.4 Å². The monoisotopic (exact) mass is 478 g/mol. The summed E-state index contributed by atoms with van der Waals surface area (Å²) in [5, 5.41) is 0. The average molecular weight is 479 g/mol. The minimum Gasteiger partial charge on any atom is -0.317 e. The van der Waals surface area contributed by atoms with Crippen molar-refractivity contribution in [2.45, 2.75) is 13.8 Å². The van der Waals surface area contributed by atoms with E-state index in [9.17, 15) is 0 Å². The number of para-hydroxylation sites is 1. The number of hydrogen-bond acceptors (Lipinski definition) is 1. The van der Waals surface area contributed by atoms with Crippen LogP contribution in [-0.4, -0.2) is 10.8 Å². The molecule has 0 aliphatic heterocycles. The average Bonchev–Trinajstić information content (AvgIpc) is 2.76. The van der Waals surface area contributed by atoms with Crippen LogP contribution in [0.1, 0.15) is 17.0 Å². The molecule has 0 aliphatic carbocycles. The van der Waals surface area contributed by atoms with Crippen molar-refractivity contribution in [2.24, 2.45) is 4.99 Å². The van der Waals surface area contributed by atoms with Gasteiger partial charge in [0.1, 0.15) is 0 Å². The van der Waals surface area contributed by atoms with Crippen LogP contribution in [-0.2, 0) is 0 Å². The lowest BCUT2D eigenvalue weighted by atomic mass is 10.2. The van der Waals surface area contributed by atoms with Gasteiger partial charge in [0, 0.05) is 36.9 Å². The number of benzene rings is 2. The standard InChI is InChI=1S/C19H16BrIN2/c1-13-18(12-22-16-8-6-7-15(21)11-16)19(20)14(2)23(13)17-9-4-3-5-10-17/h3-12H,1-2H3. The van der Waals surface area contributed by atoms with Crippen LogP contribution in [0.3, 0.4) is 0 Å². The van der Waals surface area contributed by atoms with E-state index < -0.39 is 0 Å². The van der Waals surface area contributed by atoms with Gasteiger partial charge in [-0.15, -0.1) is 0 Å². The molecular weight excluding hydrogens is 463 g/mol. The molecule has 23 heavy (non-hydrogen) atoms. The van der Waals surface area contributed by atoms with Gasteiger partial charge in [0.15, 0.2) is 0 Å². The summed E-state index contributed by atoms with van der Waals surface area (Å²) < 4.78 is 4.53. The van der Waals surface area contributed by atoms with Gasteiger partial charge >= 0.3 is 0 Å². The predicted molar refractivity (Wildman–Crippen MR) is 109 cm³/mol.